The van der Waals surface area contributed by atoms with Crippen LogP contribution in [0.2, 0.25) is 0 Å². The van der Waals surface area contributed by atoms with E-state index in [0.29, 0.717) is 5.75 Å². The smallest absolute Gasteiger partial charge is 0.326 e. The Labute approximate surface area is 181 Å². The van der Waals surface area contributed by atoms with Gasteiger partial charge in [0.15, 0.2) is 0 Å². The quantitative estimate of drug-likeness (QED) is 0.435. The number of carbonyl (C=O) groups is 2. The van der Waals surface area contributed by atoms with Crippen LogP contribution < -0.4 is 5.32 Å². The number of aromatic amines is 1. The third kappa shape index (κ3) is 4.10. The van der Waals surface area contributed by atoms with Crippen LogP contribution in [0.5, 0.6) is 0 Å². The first-order chi connectivity index (χ1) is 14.6. The van der Waals surface area contributed by atoms with Crippen LogP contribution in [-0.4, -0.2) is 33.8 Å². The molecule has 0 aliphatic heterocycles. The van der Waals surface area contributed by atoms with E-state index in [1.807, 2.05) is 42.6 Å². The van der Waals surface area contributed by atoms with E-state index < -0.39 is 12.0 Å². The first kappa shape index (κ1) is 20.5. The van der Waals surface area contributed by atoms with Crippen molar-refractivity contribution in [1.29, 1.82) is 0 Å². The predicted molar refractivity (Wildman–Crippen MR) is 121 cm³/mol. The van der Waals surface area contributed by atoms with Crippen molar-refractivity contribution >= 4 is 35.4 Å². The fourth-order valence-corrected chi connectivity index (χ4v) is 5.02. The molecule has 5 nitrogen and oxygen atoms in total. The van der Waals surface area contributed by atoms with Gasteiger partial charge in [0, 0.05) is 29.3 Å². The molecule has 1 amide bonds. The number of para-hydroxylation sites is 1. The monoisotopic (exact) mass is 422 g/mol. The summed E-state index contributed by atoms with van der Waals surface area (Å²) in [4.78, 5) is 28.3. The van der Waals surface area contributed by atoms with Crippen molar-refractivity contribution in [3.8, 4) is 0 Å². The highest BCUT2D eigenvalue weighted by molar-refractivity contribution is 7.80. The molecule has 0 saturated heterocycles. The highest BCUT2D eigenvalue weighted by atomic mass is 32.1. The fraction of sp³-hybridized carbons (Fsp3) is 0.333. The van der Waals surface area contributed by atoms with E-state index >= 15 is 0 Å². The van der Waals surface area contributed by atoms with E-state index in [9.17, 15) is 14.7 Å². The number of hydrogen-bond donors (Lipinski definition) is 4. The number of aryl methyl sites for hydroxylation is 1. The average molecular weight is 423 g/mol. The summed E-state index contributed by atoms with van der Waals surface area (Å²) in [6, 6.07) is 15.0. The van der Waals surface area contributed by atoms with Crippen molar-refractivity contribution in [3.05, 3.63) is 71.4 Å². The van der Waals surface area contributed by atoms with Gasteiger partial charge in [-0.3, -0.25) is 4.79 Å². The van der Waals surface area contributed by atoms with Crippen LogP contribution in [0.3, 0.4) is 0 Å². The van der Waals surface area contributed by atoms with Crippen LogP contribution in [-0.2, 0) is 22.4 Å². The normalized spacial score (nSPS) is 17.8. The molecule has 2 aromatic carbocycles. The predicted octanol–water partition coefficient (Wildman–Crippen LogP) is 3.95. The Morgan fingerprint density at radius 3 is 2.73 bits per heavy atom. The summed E-state index contributed by atoms with van der Waals surface area (Å²) in [5.41, 5.74) is 4.31. The SMILES string of the molecule is O=C(N[C@@H](Cc1c[nH]c2ccccc12)C(=O)O)C(CS)[C@@H]1CCCc2ccccc21. The second-order valence-electron chi connectivity index (χ2n) is 7.95. The van der Waals surface area contributed by atoms with Crippen molar-refractivity contribution in [2.24, 2.45) is 5.92 Å². The molecular weight excluding hydrogens is 396 g/mol. The molecule has 1 heterocycles. The van der Waals surface area contributed by atoms with Gasteiger partial charge >= 0.3 is 5.97 Å². The second-order valence-corrected chi connectivity index (χ2v) is 8.31. The number of aromatic nitrogens is 1. The summed E-state index contributed by atoms with van der Waals surface area (Å²) in [6.45, 7) is 0. The molecule has 0 radical (unpaired) electrons. The van der Waals surface area contributed by atoms with Crippen LogP contribution in [0.25, 0.3) is 10.9 Å². The average Bonchev–Trinajstić information content (AvgIpc) is 3.17. The van der Waals surface area contributed by atoms with Crippen molar-refractivity contribution < 1.29 is 14.7 Å². The van der Waals surface area contributed by atoms with E-state index in [4.69, 9.17) is 0 Å². The van der Waals surface area contributed by atoms with Gasteiger partial charge in [-0.15, -0.1) is 0 Å². The number of carboxylic acid groups (broad SMARTS) is 1. The maximum Gasteiger partial charge on any atom is 0.326 e. The Morgan fingerprint density at radius 1 is 1.17 bits per heavy atom. The number of benzene rings is 2. The Bertz CT molecular complexity index is 1060. The maximum absolute atomic E-state index is 13.2. The van der Waals surface area contributed by atoms with Gasteiger partial charge in [0.25, 0.3) is 0 Å². The first-order valence-corrected chi connectivity index (χ1v) is 11.0. The van der Waals surface area contributed by atoms with Crippen LogP contribution >= 0.6 is 12.6 Å². The number of hydrogen-bond acceptors (Lipinski definition) is 3. The Morgan fingerprint density at radius 2 is 1.93 bits per heavy atom. The molecule has 0 saturated carbocycles. The molecule has 1 aliphatic carbocycles. The van der Waals surface area contributed by atoms with Crippen molar-refractivity contribution in [1.82, 2.24) is 10.3 Å². The highest BCUT2D eigenvalue weighted by Gasteiger charge is 2.34. The zero-order valence-corrected chi connectivity index (χ0v) is 17.6. The van der Waals surface area contributed by atoms with E-state index in [2.05, 4.69) is 35.1 Å². The van der Waals surface area contributed by atoms with Gasteiger partial charge in [0.05, 0.1) is 5.92 Å². The summed E-state index contributed by atoms with van der Waals surface area (Å²) in [6.07, 6.45) is 5.00. The minimum absolute atomic E-state index is 0.0648. The summed E-state index contributed by atoms with van der Waals surface area (Å²) in [5.74, 6) is -1.19. The van der Waals surface area contributed by atoms with E-state index in [-0.39, 0.29) is 24.2 Å². The van der Waals surface area contributed by atoms with Crippen molar-refractivity contribution in [3.63, 3.8) is 0 Å². The molecule has 1 aromatic heterocycles. The number of H-pyrrole nitrogens is 1. The van der Waals surface area contributed by atoms with Gasteiger partial charge in [0.1, 0.15) is 6.04 Å². The lowest BCUT2D eigenvalue weighted by molar-refractivity contribution is -0.142. The van der Waals surface area contributed by atoms with E-state index in [1.165, 1.54) is 11.1 Å². The zero-order valence-electron chi connectivity index (χ0n) is 16.7. The topological polar surface area (TPSA) is 82.2 Å². The lowest BCUT2D eigenvalue weighted by Crippen LogP contribution is -2.46. The molecule has 1 aliphatic rings. The van der Waals surface area contributed by atoms with Crippen molar-refractivity contribution in [2.75, 3.05) is 5.75 Å². The maximum atomic E-state index is 13.2. The summed E-state index contributed by atoms with van der Waals surface area (Å²) < 4.78 is 0. The molecule has 1 unspecified atom stereocenters. The molecule has 3 aromatic rings. The second kappa shape index (κ2) is 8.96. The molecule has 3 N–H and O–H groups in total. The van der Waals surface area contributed by atoms with Crippen LogP contribution in [0, 0.1) is 5.92 Å². The molecule has 0 spiro atoms. The minimum Gasteiger partial charge on any atom is -0.480 e. The third-order valence-electron chi connectivity index (χ3n) is 6.15. The Hall–Kier alpha value is -2.73. The molecule has 156 valence electrons. The van der Waals surface area contributed by atoms with Crippen LogP contribution in [0.15, 0.2) is 54.7 Å². The number of nitrogens with one attached hydrogen (secondary N) is 2. The number of rotatable bonds is 7. The Kier molecular flexibility index (Phi) is 6.13. The summed E-state index contributed by atoms with van der Waals surface area (Å²) in [7, 11) is 0. The zero-order chi connectivity index (χ0) is 21.1. The summed E-state index contributed by atoms with van der Waals surface area (Å²) >= 11 is 4.46. The molecule has 0 bridgehead atoms. The van der Waals surface area contributed by atoms with Crippen LogP contribution in [0.1, 0.15) is 35.4 Å². The first-order valence-electron chi connectivity index (χ1n) is 10.4. The third-order valence-corrected chi connectivity index (χ3v) is 6.54. The molecule has 4 rings (SSSR count). The van der Waals surface area contributed by atoms with Gasteiger partial charge < -0.3 is 15.4 Å². The number of amides is 1. The largest absolute Gasteiger partial charge is 0.480 e. The molecular formula is C24H26N2O3S. The van der Waals surface area contributed by atoms with Crippen LogP contribution in [0.4, 0.5) is 0 Å². The number of fused-ring (bicyclic) bond motifs is 2. The van der Waals surface area contributed by atoms with E-state index in [0.717, 1.165) is 35.7 Å². The number of thiol groups is 1. The van der Waals surface area contributed by atoms with Gasteiger partial charge in [0.2, 0.25) is 5.91 Å². The van der Waals surface area contributed by atoms with Gasteiger partial charge in [-0.25, -0.2) is 4.79 Å². The van der Waals surface area contributed by atoms with Gasteiger partial charge in [-0.2, -0.15) is 12.6 Å². The highest BCUT2D eigenvalue weighted by Crippen LogP contribution is 2.37. The fourth-order valence-electron chi connectivity index (χ4n) is 4.60. The van der Waals surface area contributed by atoms with Crippen molar-refractivity contribution in [2.45, 2.75) is 37.6 Å². The lowest BCUT2D eigenvalue weighted by atomic mass is 9.76. The summed E-state index contributed by atoms with van der Waals surface area (Å²) in [5, 5.41) is 13.5. The molecule has 0 fully saturated rings. The lowest BCUT2D eigenvalue weighted by Gasteiger charge is -2.31. The van der Waals surface area contributed by atoms with Gasteiger partial charge in [-0.1, -0.05) is 42.5 Å². The molecule has 30 heavy (non-hydrogen) atoms. The standard InChI is InChI=1S/C24H26N2O3S/c27-23(20(14-30)19-10-5-7-15-6-1-2-8-17(15)19)26-22(24(28)29)12-16-13-25-21-11-4-3-9-18(16)21/h1-4,6,8-9,11,13,19-20,22,25,30H,5,7,10,12,14H2,(H,26,27)(H,28,29)/t19-,20?,22+/m1/s1. The number of aliphatic carboxylic acids is 1. The number of carboxylic acids is 1. The molecule has 3 atom stereocenters. The van der Waals surface area contributed by atoms with E-state index in [1.54, 1.807) is 0 Å². The van der Waals surface area contributed by atoms with Gasteiger partial charge in [-0.05, 0) is 47.9 Å². The molecule has 6 heteroatoms. The number of carbonyl (C=O) groups excluding carboxylic acids is 1. The minimum atomic E-state index is -1.03. The Balaban J connectivity index is 1.53.